The smallest absolute Gasteiger partial charge is 0.303 e. The van der Waals surface area contributed by atoms with Gasteiger partial charge < -0.3 is 42.0 Å². The first kappa shape index (κ1) is 33.0. The van der Waals surface area contributed by atoms with Crippen molar-refractivity contribution >= 4 is 29.4 Å². The number of amides is 3. The highest BCUT2D eigenvalue weighted by molar-refractivity contribution is 5.93. The van der Waals surface area contributed by atoms with Crippen LogP contribution in [0, 0.1) is 6.92 Å². The van der Waals surface area contributed by atoms with Gasteiger partial charge in [-0.25, -0.2) is 0 Å². The Labute approximate surface area is 235 Å². The van der Waals surface area contributed by atoms with Gasteiger partial charge in [0, 0.05) is 25.3 Å². The molecule has 1 aromatic carbocycles. The Balaban J connectivity index is 2.10. The summed E-state index contributed by atoms with van der Waals surface area (Å²) in [5.41, 5.74) is 7.79. The Morgan fingerprint density at radius 1 is 1.12 bits per heavy atom. The largest absolute Gasteiger partial charge is 0.481 e. The lowest BCUT2D eigenvalue weighted by Gasteiger charge is -2.29. The van der Waals surface area contributed by atoms with Crippen LogP contribution in [0.5, 0.6) is 0 Å². The van der Waals surface area contributed by atoms with E-state index in [9.17, 15) is 24.3 Å². The fourth-order valence-electron chi connectivity index (χ4n) is 4.33. The van der Waals surface area contributed by atoms with Crippen molar-refractivity contribution in [3.05, 3.63) is 29.8 Å². The monoisotopic (exact) mass is 563 g/mol. The minimum Gasteiger partial charge on any atom is -0.481 e. The van der Waals surface area contributed by atoms with Crippen LogP contribution < -0.4 is 27.0 Å². The summed E-state index contributed by atoms with van der Waals surface area (Å²) in [6, 6.07) is 4.15. The maximum absolute atomic E-state index is 13.3. The molecule has 0 aromatic heterocycles. The molecular formula is C28H45N5O7. The number of aryl methyl sites for hydroxylation is 1. The summed E-state index contributed by atoms with van der Waals surface area (Å²) < 4.78 is 5.66. The van der Waals surface area contributed by atoms with Crippen LogP contribution in [0.2, 0.25) is 0 Å². The molecule has 12 heteroatoms. The zero-order chi connectivity index (χ0) is 29.5. The van der Waals surface area contributed by atoms with Gasteiger partial charge in [-0.1, -0.05) is 43.9 Å². The summed E-state index contributed by atoms with van der Waals surface area (Å²) in [5.74, 6) is -2.78. The highest BCUT2D eigenvalue weighted by atomic mass is 16.5. The number of hydrogen-bond donors (Lipinski definition) is 7. The second-order valence-corrected chi connectivity index (χ2v) is 10.3. The van der Waals surface area contributed by atoms with E-state index in [1.165, 1.54) is 0 Å². The minimum absolute atomic E-state index is 0.0836. The zero-order valence-electron chi connectivity index (χ0n) is 23.5. The molecular weight excluding hydrogens is 518 g/mol. The number of ether oxygens (including phenoxy) is 1. The molecule has 1 aliphatic heterocycles. The number of aliphatic hydroxyl groups excluding tert-OH is 1. The van der Waals surface area contributed by atoms with Gasteiger partial charge in [-0.05, 0) is 44.7 Å². The Hall–Kier alpha value is -3.22. The number of hydrogen-bond acceptors (Lipinski definition) is 8. The predicted octanol–water partition coefficient (Wildman–Crippen LogP) is 0.805. The zero-order valence-corrected chi connectivity index (χ0v) is 23.5. The highest BCUT2D eigenvalue weighted by Gasteiger charge is 2.30. The van der Waals surface area contributed by atoms with Crippen molar-refractivity contribution in [1.82, 2.24) is 16.0 Å². The van der Waals surface area contributed by atoms with E-state index in [2.05, 4.69) is 21.3 Å². The maximum atomic E-state index is 13.3. The Kier molecular flexibility index (Phi) is 14.4. The number of carboxylic acid groups (broad SMARTS) is 1. The molecule has 0 aliphatic carbocycles. The van der Waals surface area contributed by atoms with Crippen LogP contribution in [0.4, 0.5) is 5.69 Å². The number of benzene rings is 1. The molecule has 0 bridgehead atoms. The molecule has 0 saturated carbocycles. The van der Waals surface area contributed by atoms with Crippen LogP contribution in [0.15, 0.2) is 24.3 Å². The van der Waals surface area contributed by atoms with Gasteiger partial charge >= 0.3 is 5.97 Å². The van der Waals surface area contributed by atoms with E-state index in [-0.39, 0.29) is 26.0 Å². The van der Waals surface area contributed by atoms with Crippen LogP contribution in [0.1, 0.15) is 63.9 Å². The molecule has 2 rings (SSSR count). The van der Waals surface area contributed by atoms with Gasteiger partial charge in [0.2, 0.25) is 17.7 Å². The van der Waals surface area contributed by atoms with Gasteiger partial charge in [0.15, 0.2) is 0 Å². The Morgan fingerprint density at radius 3 is 2.52 bits per heavy atom. The summed E-state index contributed by atoms with van der Waals surface area (Å²) in [7, 11) is 0. The van der Waals surface area contributed by atoms with Crippen LogP contribution in [-0.4, -0.2) is 83.9 Å². The molecule has 12 nitrogen and oxygen atoms in total. The van der Waals surface area contributed by atoms with Crippen LogP contribution in [0.25, 0.3) is 0 Å². The molecule has 1 heterocycles. The molecule has 0 unspecified atom stereocenters. The van der Waals surface area contributed by atoms with Gasteiger partial charge in [0.05, 0.1) is 24.8 Å². The van der Waals surface area contributed by atoms with Crippen LogP contribution in [-0.2, 0) is 23.9 Å². The standard InChI is InChI=1S/C28H45N5O7/c1-3-7-22-27(38)31-21(24(34)16-30-19-11-9-18(2)10-12-19)8-5-4-6-15-40-17-23(28(39)32-22)33-26(37)20(29)13-14-25(35)36/h9-12,20-24,30,34H,3-8,13-17,29H2,1-2H3,(H,31,38)(H,32,39)(H,33,37)(H,35,36)/t20-,21-,22-,23-,24+/m0/s1. The summed E-state index contributed by atoms with van der Waals surface area (Å²) >= 11 is 0. The van der Waals surface area contributed by atoms with Crippen molar-refractivity contribution in [2.75, 3.05) is 25.1 Å². The molecule has 1 aliphatic rings. The van der Waals surface area contributed by atoms with E-state index < -0.39 is 54.0 Å². The molecule has 0 radical (unpaired) electrons. The van der Waals surface area contributed by atoms with E-state index in [1.807, 2.05) is 38.1 Å². The molecule has 5 atom stereocenters. The number of aliphatic hydroxyl groups is 1. The van der Waals surface area contributed by atoms with E-state index in [1.54, 1.807) is 0 Å². The quantitative estimate of drug-likeness (QED) is 0.204. The van der Waals surface area contributed by atoms with Crippen molar-refractivity contribution < 1.29 is 34.1 Å². The molecule has 1 aromatic rings. The third kappa shape index (κ3) is 11.9. The Bertz CT molecular complexity index is 959. The van der Waals surface area contributed by atoms with Gasteiger partial charge in [0.25, 0.3) is 0 Å². The van der Waals surface area contributed by atoms with Gasteiger partial charge in [-0.15, -0.1) is 0 Å². The lowest BCUT2D eigenvalue weighted by Crippen LogP contribution is -2.58. The SMILES string of the molecule is CCC[C@@H]1NC(=O)[C@@H](NC(=O)[C@@H](N)CCC(=O)O)COCCCCC[C@@H]([C@H](O)CNc2ccc(C)cc2)NC1=O. The molecule has 8 N–H and O–H groups in total. The first-order valence-corrected chi connectivity index (χ1v) is 14.1. The first-order valence-electron chi connectivity index (χ1n) is 14.1. The number of carbonyl (C=O) groups is 4. The van der Waals surface area contributed by atoms with Gasteiger partial charge in [-0.2, -0.15) is 0 Å². The topological polar surface area (TPSA) is 192 Å². The second-order valence-electron chi connectivity index (χ2n) is 10.3. The lowest BCUT2D eigenvalue weighted by atomic mass is 10.0. The predicted molar refractivity (Wildman–Crippen MR) is 151 cm³/mol. The summed E-state index contributed by atoms with van der Waals surface area (Å²) in [6.45, 7) is 4.35. The number of nitrogens with one attached hydrogen (secondary N) is 4. The number of rotatable bonds is 11. The number of carbonyl (C=O) groups excluding carboxylic acids is 3. The van der Waals surface area contributed by atoms with Crippen LogP contribution >= 0.6 is 0 Å². The van der Waals surface area contributed by atoms with E-state index in [0.29, 0.717) is 32.3 Å². The third-order valence-electron chi connectivity index (χ3n) is 6.80. The highest BCUT2D eigenvalue weighted by Crippen LogP contribution is 2.13. The maximum Gasteiger partial charge on any atom is 0.303 e. The molecule has 1 saturated heterocycles. The van der Waals surface area contributed by atoms with Crippen molar-refractivity contribution in [3.8, 4) is 0 Å². The lowest BCUT2D eigenvalue weighted by molar-refractivity contribution is -0.137. The first-order chi connectivity index (χ1) is 19.1. The summed E-state index contributed by atoms with van der Waals surface area (Å²) in [6.07, 6.45) is 2.50. The summed E-state index contributed by atoms with van der Waals surface area (Å²) in [5, 5.41) is 31.2. The Morgan fingerprint density at radius 2 is 1.85 bits per heavy atom. The molecule has 3 amide bonds. The number of carboxylic acids is 1. The average molecular weight is 564 g/mol. The summed E-state index contributed by atoms with van der Waals surface area (Å²) in [4.78, 5) is 49.8. The van der Waals surface area contributed by atoms with Crippen LogP contribution in [0.3, 0.4) is 0 Å². The second kappa shape index (κ2) is 17.5. The van der Waals surface area contributed by atoms with E-state index in [4.69, 9.17) is 15.6 Å². The normalized spacial score (nSPS) is 22.6. The minimum atomic E-state index is -1.11. The van der Waals surface area contributed by atoms with E-state index >= 15 is 0 Å². The molecule has 224 valence electrons. The van der Waals surface area contributed by atoms with Crippen molar-refractivity contribution in [1.29, 1.82) is 0 Å². The molecule has 0 spiro atoms. The van der Waals surface area contributed by atoms with Crippen molar-refractivity contribution in [2.24, 2.45) is 5.73 Å². The number of anilines is 1. The average Bonchev–Trinajstić information content (AvgIpc) is 2.92. The van der Waals surface area contributed by atoms with Gasteiger partial charge in [-0.3, -0.25) is 19.2 Å². The van der Waals surface area contributed by atoms with Crippen molar-refractivity contribution in [2.45, 2.75) is 95.5 Å². The van der Waals surface area contributed by atoms with Gasteiger partial charge in [0.1, 0.15) is 12.1 Å². The van der Waals surface area contributed by atoms with E-state index in [0.717, 1.165) is 24.1 Å². The third-order valence-corrected chi connectivity index (χ3v) is 6.80. The molecule has 40 heavy (non-hydrogen) atoms. The fourth-order valence-corrected chi connectivity index (χ4v) is 4.33. The number of nitrogens with two attached hydrogens (primary N) is 1. The molecule has 1 fully saturated rings. The van der Waals surface area contributed by atoms with Crippen molar-refractivity contribution in [3.63, 3.8) is 0 Å². The fraction of sp³-hybridized carbons (Fsp3) is 0.643. The number of aliphatic carboxylic acids is 1.